The van der Waals surface area contributed by atoms with Crippen LogP contribution in [0.15, 0.2) is 18.2 Å². The van der Waals surface area contributed by atoms with Crippen molar-refractivity contribution in [3.63, 3.8) is 0 Å². The molecule has 3 rings (SSSR count). The molecule has 0 amide bonds. The van der Waals surface area contributed by atoms with E-state index in [1.807, 2.05) is 6.07 Å². The molecular weight excluding hydrogens is 220 g/mol. The van der Waals surface area contributed by atoms with Crippen LogP contribution >= 0.6 is 12.4 Å². The van der Waals surface area contributed by atoms with Gasteiger partial charge in [-0.1, -0.05) is 6.07 Å². The highest BCUT2D eigenvalue weighted by Crippen LogP contribution is 2.32. The largest absolute Gasteiger partial charge is 0.399 e. The summed E-state index contributed by atoms with van der Waals surface area (Å²) in [5.74, 6) is 0. The Morgan fingerprint density at radius 1 is 1.19 bits per heavy atom. The van der Waals surface area contributed by atoms with Crippen LogP contribution in [-0.4, -0.2) is 4.57 Å². The van der Waals surface area contributed by atoms with Gasteiger partial charge in [-0.25, -0.2) is 0 Å². The monoisotopic (exact) mass is 236 g/mol. The number of nitrogen functional groups attached to an aromatic ring is 1. The van der Waals surface area contributed by atoms with Crippen LogP contribution in [0.4, 0.5) is 5.69 Å². The van der Waals surface area contributed by atoms with E-state index in [4.69, 9.17) is 5.73 Å². The number of fused-ring (bicyclic) bond motifs is 3. The number of hydrogen-bond donors (Lipinski definition) is 1. The summed E-state index contributed by atoms with van der Waals surface area (Å²) in [4.78, 5) is 0. The third-order valence-corrected chi connectivity index (χ3v) is 3.55. The van der Waals surface area contributed by atoms with Crippen LogP contribution in [0.1, 0.15) is 24.1 Å². The number of nitrogens with zero attached hydrogens (tertiary/aromatic N) is 1. The van der Waals surface area contributed by atoms with Crippen LogP contribution < -0.4 is 5.73 Å². The molecule has 2 nitrogen and oxygen atoms in total. The number of anilines is 1. The molecule has 1 heterocycles. The van der Waals surface area contributed by atoms with Crippen LogP contribution in [0.3, 0.4) is 0 Å². The van der Waals surface area contributed by atoms with Gasteiger partial charge in [-0.15, -0.1) is 12.4 Å². The van der Waals surface area contributed by atoms with E-state index in [0.717, 1.165) is 5.69 Å². The van der Waals surface area contributed by atoms with Crippen molar-refractivity contribution in [2.24, 2.45) is 7.05 Å². The predicted octanol–water partition coefficient (Wildman–Crippen LogP) is 3.06. The second-order valence-electron chi connectivity index (χ2n) is 4.47. The number of aromatic nitrogens is 1. The standard InChI is InChI=1S/C13H16N2.ClH/c1-15-12-5-3-2-4-10(12)11-7-6-9(14)8-13(11)15;/h6-8H,2-5,14H2,1H3;1H. The fourth-order valence-corrected chi connectivity index (χ4v) is 2.78. The fourth-order valence-electron chi connectivity index (χ4n) is 2.78. The average Bonchev–Trinajstić information content (AvgIpc) is 2.54. The number of aryl methyl sites for hydroxylation is 2. The van der Waals surface area contributed by atoms with E-state index in [0.29, 0.717) is 0 Å². The summed E-state index contributed by atoms with van der Waals surface area (Å²) >= 11 is 0. The van der Waals surface area contributed by atoms with E-state index in [1.54, 1.807) is 5.56 Å². The van der Waals surface area contributed by atoms with Crippen LogP contribution in [0.5, 0.6) is 0 Å². The first-order chi connectivity index (χ1) is 7.27. The fraction of sp³-hybridized carbons (Fsp3) is 0.385. The van der Waals surface area contributed by atoms with Crippen molar-refractivity contribution in [2.45, 2.75) is 25.7 Å². The summed E-state index contributed by atoms with van der Waals surface area (Å²) in [6.07, 6.45) is 5.11. The van der Waals surface area contributed by atoms with Crippen molar-refractivity contribution in [3.05, 3.63) is 29.5 Å². The third kappa shape index (κ3) is 1.49. The molecule has 1 aliphatic rings. The Hall–Kier alpha value is -1.15. The minimum absolute atomic E-state index is 0. The number of rotatable bonds is 0. The van der Waals surface area contributed by atoms with Gasteiger partial charge in [-0.2, -0.15) is 0 Å². The number of benzene rings is 1. The molecule has 2 N–H and O–H groups in total. The Kier molecular flexibility index (Phi) is 2.85. The molecule has 0 saturated heterocycles. The van der Waals surface area contributed by atoms with E-state index in [1.165, 1.54) is 42.3 Å². The lowest BCUT2D eigenvalue weighted by Gasteiger charge is -2.12. The van der Waals surface area contributed by atoms with Crippen molar-refractivity contribution in [2.75, 3.05) is 5.73 Å². The van der Waals surface area contributed by atoms with Crippen molar-refractivity contribution in [1.29, 1.82) is 0 Å². The Morgan fingerprint density at radius 3 is 2.75 bits per heavy atom. The number of halogens is 1. The number of hydrogen-bond acceptors (Lipinski definition) is 1. The summed E-state index contributed by atoms with van der Waals surface area (Å²) in [5.41, 5.74) is 11.1. The highest BCUT2D eigenvalue weighted by Gasteiger charge is 2.17. The van der Waals surface area contributed by atoms with Crippen molar-refractivity contribution < 1.29 is 0 Å². The molecule has 0 fully saturated rings. The normalized spacial score (nSPS) is 14.6. The number of nitrogens with two attached hydrogens (primary N) is 1. The maximum atomic E-state index is 5.84. The quantitative estimate of drug-likeness (QED) is 0.701. The first-order valence-electron chi connectivity index (χ1n) is 5.63. The molecule has 0 aliphatic heterocycles. The highest BCUT2D eigenvalue weighted by atomic mass is 35.5. The summed E-state index contributed by atoms with van der Waals surface area (Å²) < 4.78 is 2.32. The van der Waals surface area contributed by atoms with Gasteiger partial charge in [0.05, 0.1) is 5.52 Å². The van der Waals surface area contributed by atoms with E-state index in [-0.39, 0.29) is 12.4 Å². The average molecular weight is 237 g/mol. The summed E-state index contributed by atoms with van der Waals surface area (Å²) in [6.45, 7) is 0. The maximum Gasteiger partial charge on any atom is 0.0503 e. The summed E-state index contributed by atoms with van der Waals surface area (Å²) in [6, 6.07) is 6.28. The molecule has 2 aromatic rings. The molecule has 3 heteroatoms. The molecule has 0 spiro atoms. The molecule has 16 heavy (non-hydrogen) atoms. The molecule has 0 bridgehead atoms. The lowest BCUT2D eigenvalue weighted by atomic mass is 9.95. The van der Waals surface area contributed by atoms with Crippen molar-refractivity contribution in [3.8, 4) is 0 Å². The van der Waals surface area contributed by atoms with Crippen LogP contribution in [0.2, 0.25) is 0 Å². The molecular formula is C13H17ClN2. The zero-order chi connectivity index (χ0) is 10.4. The molecule has 1 aromatic heterocycles. The first kappa shape index (κ1) is 11.3. The van der Waals surface area contributed by atoms with Gasteiger partial charge in [0.1, 0.15) is 0 Å². The van der Waals surface area contributed by atoms with Crippen LogP contribution in [0, 0.1) is 0 Å². The molecule has 0 atom stereocenters. The topological polar surface area (TPSA) is 30.9 Å². The smallest absolute Gasteiger partial charge is 0.0503 e. The Labute approximate surface area is 102 Å². The van der Waals surface area contributed by atoms with E-state index in [9.17, 15) is 0 Å². The van der Waals surface area contributed by atoms with Gasteiger partial charge in [-0.05, 0) is 43.4 Å². The zero-order valence-corrected chi connectivity index (χ0v) is 10.3. The first-order valence-corrected chi connectivity index (χ1v) is 5.63. The molecule has 0 radical (unpaired) electrons. The van der Waals surface area contributed by atoms with Crippen LogP contribution in [-0.2, 0) is 19.9 Å². The SMILES string of the molecule is Cl.Cn1c2c(c3ccc(N)cc31)CCCC2. The van der Waals surface area contributed by atoms with Gasteiger partial charge in [0, 0.05) is 23.8 Å². The molecule has 0 saturated carbocycles. The summed E-state index contributed by atoms with van der Waals surface area (Å²) in [7, 11) is 2.16. The van der Waals surface area contributed by atoms with Gasteiger partial charge in [-0.3, -0.25) is 0 Å². The Balaban J connectivity index is 0.000000963. The summed E-state index contributed by atoms with van der Waals surface area (Å²) in [5, 5.41) is 1.40. The van der Waals surface area contributed by atoms with Gasteiger partial charge in [0.25, 0.3) is 0 Å². The van der Waals surface area contributed by atoms with Gasteiger partial charge in [0.15, 0.2) is 0 Å². The molecule has 86 valence electrons. The zero-order valence-electron chi connectivity index (χ0n) is 9.49. The highest BCUT2D eigenvalue weighted by molar-refractivity contribution is 5.88. The second kappa shape index (κ2) is 4.02. The van der Waals surface area contributed by atoms with Gasteiger partial charge in [0.2, 0.25) is 0 Å². The predicted molar refractivity (Wildman–Crippen MR) is 71.2 cm³/mol. The second-order valence-corrected chi connectivity index (χ2v) is 4.47. The van der Waals surface area contributed by atoms with E-state index >= 15 is 0 Å². The molecule has 0 unspecified atom stereocenters. The van der Waals surface area contributed by atoms with Crippen molar-refractivity contribution in [1.82, 2.24) is 4.57 Å². The lowest BCUT2D eigenvalue weighted by molar-refractivity contribution is 0.653. The Morgan fingerprint density at radius 2 is 1.94 bits per heavy atom. The van der Waals surface area contributed by atoms with Crippen molar-refractivity contribution >= 4 is 29.0 Å². The molecule has 1 aromatic carbocycles. The van der Waals surface area contributed by atoms with E-state index in [2.05, 4.69) is 23.7 Å². The minimum atomic E-state index is 0. The van der Waals surface area contributed by atoms with E-state index < -0.39 is 0 Å². The minimum Gasteiger partial charge on any atom is -0.399 e. The van der Waals surface area contributed by atoms with Crippen LogP contribution in [0.25, 0.3) is 10.9 Å². The van der Waals surface area contributed by atoms with Gasteiger partial charge < -0.3 is 10.3 Å². The van der Waals surface area contributed by atoms with Gasteiger partial charge >= 0.3 is 0 Å². The Bertz CT molecular complexity index is 528. The molecule has 1 aliphatic carbocycles. The lowest BCUT2D eigenvalue weighted by Crippen LogP contribution is -2.04. The third-order valence-electron chi connectivity index (χ3n) is 3.55. The maximum absolute atomic E-state index is 5.84.